The molecule has 1 aliphatic carbocycles. The van der Waals surface area contributed by atoms with Crippen molar-refractivity contribution in [1.29, 1.82) is 0 Å². The lowest BCUT2D eigenvalue weighted by molar-refractivity contribution is -0.262. The zero-order valence-corrected chi connectivity index (χ0v) is 20.3. The van der Waals surface area contributed by atoms with Gasteiger partial charge in [-0.25, -0.2) is 4.79 Å². The second-order valence-electron chi connectivity index (χ2n) is 10.2. The van der Waals surface area contributed by atoms with E-state index in [-0.39, 0.29) is 17.8 Å². The van der Waals surface area contributed by atoms with Gasteiger partial charge in [-0.2, -0.15) is 8.42 Å². The zero-order chi connectivity index (χ0) is 23.3. The molecule has 0 spiro atoms. The van der Waals surface area contributed by atoms with Crippen LogP contribution in [-0.2, 0) is 28.6 Å². The number of hydrogen-bond donors (Lipinski definition) is 0. The summed E-state index contributed by atoms with van der Waals surface area (Å²) in [6.45, 7) is 8.27. The zero-order valence-electron chi connectivity index (χ0n) is 19.5. The summed E-state index contributed by atoms with van der Waals surface area (Å²) in [6, 6.07) is 9.61. The molecule has 2 bridgehead atoms. The molecule has 3 aliphatic rings. The molecule has 176 valence electrons. The van der Waals surface area contributed by atoms with Crippen LogP contribution in [0.4, 0.5) is 0 Å². The fourth-order valence-electron chi connectivity index (χ4n) is 6.32. The maximum atomic E-state index is 12.9. The number of fused-ring (bicyclic) bond motifs is 4. The Morgan fingerprint density at radius 1 is 1.22 bits per heavy atom. The van der Waals surface area contributed by atoms with E-state index < -0.39 is 39.5 Å². The molecule has 1 aromatic carbocycles. The van der Waals surface area contributed by atoms with Crippen molar-refractivity contribution in [1.82, 2.24) is 0 Å². The Kier molecular flexibility index (Phi) is 6.06. The second-order valence-corrected chi connectivity index (χ2v) is 11.8. The number of rotatable bonds is 6. The molecule has 2 saturated heterocycles. The highest BCUT2D eigenvalue weighted by molar-refractivity contribution is 7.86. The van der Waals surface area contributed by atoms with Crippen LogP contribution >= 0.6 is 0 Å². The summed E-state index contributed by atoms with van der Waals surface area (Å²) in [5, 5.41) is 0. The van der Waals surface area contributed by atoms with E-state index >= 15 is 0 Å². The van der Waals surface area contributed by atoms with Crippen LogP contribution < -0.4 is 0 Å². The molecule has 2 aliphatic heterocycles. The molecule has 0 N–H and O–H groups in total. The van der Waals surface area contributed by atoms with Gasteiger partial charge in [0.15, 0.2) is 0 Å². The number of benzene rings is 1. The van der Waals surface area contributed by atoms with Crippen LogP contribution in [0.15, 0.2) is 36.4 Å². The molecule has 3 fully saturated rings. The summed E-state index contributed by atoms with van der Waals surface area (Å²) in [5.74, 6) is 0.109. The summed E-state index contributed by atoms with van der Waals surface area (Å²) in [4.78, 5) is 12.9. The van der Waals surface area contributed by atoms with Crippen LogP contribution in [0.3, 0.4) is 0 Å². The van der Waals surface area contributed by atoms with Crippen molar-refractivity contribution in [3.05, 3.63) is 42.0 Å². The molecule has 4 rings (SSSR count). The molecule has 2 heterocycles. The monoisotopic (exact) mass is 462 g/mol. The van der Waals surface area contributed by atoms with E-state index in [2.05, 4.69) is 6.92 Å². The van der Waals surface area contributed by atoms with Crippen LogP contribution in [0.2, 0.25) is 0 Å². The van der Waals surface area contributed by atoms with Gasteiger partial charge in [-0.05, 0) is 49.2 Å². The largest absolute Gasteiger partial charge is 0.456 e. The third kappa shape index (κ3) is 4.03. The quantitative estimate of drug-likeness (QED) is 0.358. The Morgan fingerprint density at radius 3 is 2.53 bits per heavy atom. The van der Waals surface area contributed by atoms with Gasteiger partial charge in [-0.1, -0.05) is 51.1 Å². The molecule has 7 heteroatoms. The Labute approximate surface area is 191 Å². The average molecular weight is 463 g/mol. The lowest BCUT2D eigenvalue weighted by Gasteiger charge is -2.53. The first-order chi connectivity index (χ1) is 15.0. The van der Waals surface area contributed by atoms with Gasteiger partial charge >= 0.3 is 5.97 Å². The van der Waals surface area contributed by atoms with Gasteiger partial charge < -0.3 is 9.47 Å². The summed E-state index contributed by atoms with van der Waals surface area (Å²) in [5.41, 5.74) is -0.601. The SMILES string of the molecule is CC(C)[C@@]12C[C@@H](OS(C)(=O)=O)[C@@](C)(O1)[C@@H]1CC[C@@H](C)[C@H]1[C@@H]2OC(=O)/C=C/c1ccccc1. The van der Waals surface area contributed by atoms with E-state index in [9.17, 15) is 13.2 Å². The molecular formula is C25H34O6S. The highest BCUT2D eigenvalue weighted by atomic mass is 32.2. The maximum absolute atomic E-state index is 12.9. The van der Waals surface area contributed by atoms with Crippen LogP contribution in [0.5, 0.6) is 0 Å². The minimum absolute atomic E-state index is 0.0136. The van der Waals surface area contributed by atoms with Gasteiger partial charge in [0.25, 0.3) is 10.1 Å². The number of carbonyl (C=O) groups is 1. The van der Waals surface area contributed by atoms with E-state index in [1.54, 1.807) is 6.08 Å². The van der Waals surface area contributed by atoms with Gasteiger partial charge in [-0.15, -0.1) is 0 Å². The van der Waals surface area contributed by atoms with E-state index in [4.69, 9.17) is 13.7 Å². The predicted octanol–water partition coefficient (Wildman–Crippen LogP) is 4.21. The molecule has 1 aromatic rings. The third-order valence-electron chi connectivity index (χ3n) is 7.90. The van der Waals surface area contributed by atoms with Crippen molar-refractivity contribution in [2.75, 3.05) is 6.26 Å². The summed E-state index contributed by atoms with van der Waals surface area (Å²) < 4.78 is 42.6. The van der Waals surface area contributed by atoms with Crippen molar-refractivity contribution in [3.8, 4) is 0 Å². The predicted molar refractivity (Wildman–Crippen MR) is 122 cm³/mol. The highest BCUT2D eigenvalue weighted by Crippen LogP contribution is 2.63. The van der Waals surface area contributed by atoms with Crippen molar-refractivity contribution >= 4 is 22.2 Å². The number of ether oxygens (including phenoxy) is 2. The third-order valence-corrected chi connectivity index (χ3v) is 8.48. The lowest BCUT2D eigenvalue weighted by Crippen LogP contribution is -2.62. The molecule has 1 saturated carbocycles. The molecular weight excluding hydrogens is 428 g/mol. The van der Waals surface area contributed by atoms with Crippen LogP contribution in [0.25, 0.3) is 6.08 Å². The van der Waals surface area contributed by atoms with Gasteiger partial charge in [0.05, 0.1) is 11.9 Å². The first kappa shape index (κ1) is 23.5. The average Bonchev–Trinajstić information content (AvgIpc) is 3.22. The lowest BCUT2D eigenvalue weighted by atomic mass is 9.69. The van der Waals surface area contributed by atoms with Crippen LogP contribution in [-0.4, -0.2) is 44.1 Å². The minimum atomic E-state index is -3.66. The van der Waals surface area contributed by atoms with Crippen molar-refractivity contribution < 1.29 is 26.9 Å². The molecule has 0 radical (unpaired) electrons. The Bertz CT molecular complexity index is 987. The summed E-state index contributed by atoms with van der Waals surface area (Å²) >= 11 is 0. The molecule has 0 amide bonds. The maximum Gasteiger partial charge on any atom is 0.331 e. The molecule has 7 atom stereocenters. The van der Waals surface area contributed by atoms with E-state index in [1.807, 2.05) is 51.1 Å². The summed E-state index contributed by atoms with van der Waals surface area (Å²) in [7, 11) is -3.66. The van der Waals surface area contributed by atoms with Gasteiger partial charge in [0, 0.05) is 18.4 Å². The number of esters is 1. The first-order valence-electron chi connectivity index (χ1n) is 11.5. The van der Waals surface area contributed by atoms with E-state index in [0.717, 1.165) is 24.7 Å². The Balaban J connectivity index is 1.68. The Morgan fingerprint density at radius 2 is 1.91 bits per heavy atom. The smallest absolute Gasteiger partial charge is 0.331 e. The van der Waals surface area contributed by atoms with Crippen molar-refractivity contribution in [2.45, 2.75) is 70.4 Å². The summed E-state index contributed by atoms with van der Waals surface area (Å²) in [6.07, 6.45) is 5.51. The van der Waals surface area contributed by atoms with Gasteiger partial charge in [-0.3, -0.25) is 4.18 Å². The van der Waals surface area contributed by atoms with E-state index in [0.29, 0.717) is 12.3 Å². The molecule has 0 aromatic heterocycles. The number of carbonyl (C=O) groups excluding carboxylic acids is 1. The second kappa shape index (κ2) is 8.26. The van der Waals surface area contributed by atoms with Gasteiger partial charge in [0.2, 0.25) is 0 Å². The van der Waals surface area contributed by atoms with Crippen molar-refractivity contribution in [2.24, 2.45) is 23.7 Å². The minimum Gasteiger partial charge on any atom is -0.456 e. The molecule has 0 unspecified atom stereocenters. The molecule has 32 heavy (non-hydrogen) atoms. The van der Waals surface area contributed by atoms with Crippen molar-refractivity contribution in [3.63, 3.8) is 0 Å². The first-order valence-corrected chi connectivity index (χ1v) is 13.3. The van der Waals surface area contributed by atoms with Crippen LogP contribution in [0.1, 0.15) is 52.5 Å². The highest BCUT2D eigenvalue weighted by Gasteiger charge is 2.72. The van der Waals surface area contributed by atoms with Crippen LogP contribution in [0, 0.1) is 23.7 Å². The van der Waals surface area contributed by atoms with E-state index in [1.165, 1.54) is 6.08 Å². The molecule has 6 nitrogen and oxygen atoms in total. The number of hydrogen-bond acceptors (Lipinski definition) is 6. The normalized spacial score (nSPS) is 38.9. The fraction of sp³-hybridized carbons (Fsp3) is 0.640. The fourth-order valence-corrected chi connectivity index (χ4v) is 7.00. The van der Waals surface area contributed by atoms with Gasteiger partial charge in [0.1, 0.15) is 17.8 Å². The topological polar surface area (TPSA) is 78.9 Å². The standard InChI is InChI=1S/C25H34O6S/c1-16(2)25-15-20(30-32(5,27)28)24(4,31-25)19-13-11-17(3)22(19)23(25)29-21(26)14-12-18-9-7-6-8-10-18/h6-10,12,14,16-17,19-20,22-23H,11,13,15H2,1-5H3/b14-12+/t17-,19-,20-,22-,23+,24+,25-/m1/s1. The Hall–Kier alpha value is -1.70.